The van der Waals surface area contributed by atoms with E-state index in [-0.39, 0.29) is 10.4 Å². The minimum Gasteiger partial charge on any atom is -0.275 e. The van der Waals surface area contributed by atoms with Crippen LogP contribution in [0.3, 0.4) is 0 Å². The zero-order valence-corrected chi connectivity index (χ0v) is 18.2. The first kappa shape index (κ1) is 19.6. The maximum Gasteiger partial charge on any atom is 0.199 e. The molecule has 0 unspecified atom stereocenters. The number of hydrogen-bond donors (Lipinski definition) is 0. The number of nitrogens with zero attached hydrogens (tertiary/aromatic N) is 4. The number of hydrogen-bond acceptors (Lipinski definition) is 3. The van der Waals surface area contributed by atoms with E-state index < -0.39 is 5.82 Å². The van der Waals surface area contributed by atoms with Crippen LogP contribution in [0.25, 0.3) is 39.4 Å². The molecule has 2 heterocycles. The van der Waals surface area contributed by atoms with E-state index in [9.17, 15) is 4.39 Å². The number of para-hydroxylation sites is 2. The Bertz CT molecular complexity index is 1430. The predicted molar refractivity (Wildman–Crippen MR) is 123 cm³/mol. The first-order valence-corrected chi connectivity index (χ1v) is 10.4. The van der Waals surface area contributed by atoms with Crippen molar-refractivity contribution in [3.63, 3.8) is 0 Å². The molecule has 0 spiro atoms. The lowest BCUT2D eigenvalue weighted by molar-refractivity contribution is 0.590. The van der Waals surface area contributed by atoms with Gasteiger partial charge >= 0.3 is 0 Å². The zero-order chi connectivity index (χ0) is 21.8. The normalized spacial score (nSPS) is 12.0. The quantitative estimate of drug-likeness (QED) is 0.312. The van der Waals surface area contributed by atoms with Crippen LogP contribution in [0.1, 0.15) is 26.3 Å². The van der Waals surface area contributed by atoms with Crippen LogP contribution >= 0.6 is 11.6 Å². The fraction of sp³-hybridized carbons (Fsp3) is 0.160. The van der Waals surface area contributed by atoms with E-state index in [0.29, 0.717) is 22.8 Å². The molecule has 0 aliphatic heterocycles. The van der Waals surface area contributed by atoms with E-state index in [1.54, 1.807) is 12.1 Å². The van der Waals surface area contributed by atoms with Gasteiger partial charge in [0.1, 0.15) is 11.6 Å². The molecule has 0 radical (unpaired) electrons. The van der Waals surface area contributed by atoms with Gasteiger partial charge in [-0.15, -0.1) is 0 Å². The highest BCUT2D eigenvalue weighted by Crippen LogP contribution is 2.31. The minimum atomic E-state index is -0.470. The number of benzene rings is 3. The maximum atomic E-state index is 13.9. The molecule has 0 saturated carbocycles. The number of rotatable bonds is 2. The fourth-order valence-corrected chi connectivity index (χ4v) is 3.81. The van der Waals surface area contributed by atoms with Crippen LogP contribution in [-0.2, 0) is 5.41 Å². The summed E-state index contributed by atoms with van der Waals surface area (Å²) in [5.74, 6) is 0.205. The third kappa shape index (κ3) is 3.45. The Morgan fingerprint density at radius 1 is 0.839 bits per heavy atom. The molecular formula is C25H20ClFN4. The number of imidazole rings is 1. The SMILES string of the molecule is CC(C)(C)c1ccc(-c2nc3nc4ccccc4nc3n2-c2ccc(F)c(Cl)c2)cc1. The van der Waals surface area contributed by atoms with Gasteiger partial charge in [-0.3, -0.25) is 4.57 Å². The number of aromatic nitrogens is 4. The topological polar surface area (TPSA) is 43.6 Å². The highest BCUT2D eigenvalue weighted by atomic mass is 35.5. The van der Waals surface area contributed by atoms with Gasteiger partial charge in [-0.2, -0.15) is 0 Å². The molecule has 0 aliphatic rings. The van der Waals surface area contributed by atoms with Crippen LogP contribution in [0.4, 0.5) is 4.39 Å². The van der Waals surface area contributed by atoms with Crippen LogP contribution in [0.15, 0.2) is 66.7 Å². The molecule has 0 saturated heterocycles. The summed E-state index contributed by atoms with van der Waals surface area (Å²) in [6.07, 6.45) is 0. The summed E-state index contributed by atoms with van der Waals surface area (Å²) in [4.78, 5) is 14.3. The molecule has 4 nitrogen and oxygen atoms in total. The van der Waals surface area contributed by atoms with Crippen molar-refractivity contribution in [3.05, 3.63) is 83.1 Å². The summed E-state index contributed by atoms with van der Waals surface area (Å²) in [6, 6.07) is 20.6. The first-order chi connectivity index (χ1) is 14.8. The first-order valence-electron chi connectivity index (χ1n) is 10.0. The van der Waals surface area contributed by atoms with Crippen LogP contribution in [0, 0.1) is 5.82 Å². The largest absolute Gasteiger partial charge is 0.275 e. The zero-order valence-electron chi connectivity index (χ0n) is 17.4. The highest BCUT2D eigenvalue weighted by Gasteiger charge is 2.19. The second-order valence-electron chi connectivity index (χ2n) is 8.56. The Kier molecular flexibility index (Phi) is 4.52. The Balaban J connectivity index is 1.80. The van der Waals surface area contributed by atoms with Crippen molar-refractivity contribution >= 4 is 33.9 Å². The van der Waals surface area contributed by atoms with Crippen molar-refractivity contribution in [2.24, 2.45) is 0 Å². The van der Waals surface area contributed by atoms with Gasteiger partial charge in [-0.1, -0.05) is 68.8 Å². The van der Waals surface area contributed by atoms with Crippen molar-refractivity contribution in [1.29, 1.82) is 0 Å². The molecular weight excluding hydrogens is 411 g/mol. The maximum absolute atomic E-state index is 13.9. The highest BCUT2D eigenvalue weighted by molar-refractivity contribution is 6.30. The van der Waals surface area contributed by atoms with Gasteiger partial charge in [0.15, 0.2) is 11.3 Å². The van der Waals surface area contributed by atoms with E-state index in [0.717, 1.165) is 16.6 Å². The summed E-state index contributed by atoms with van der Waals surface area (Å²) in [7, 11) is 0. The van der Waals surface area contributed by atoms with Gasteiger partial charge in [0.05, 0.1) is 21.7 Å². The summed E-state index contributed by atoms with van der Waals surface area (Å²) < 4.78 is 15.7. The molecule has 0 bridgehead atoms. The third-order valence-electron chi connectivity index (χ3n) is 5.34. The van der Waals surface area contributed by atoms with Crippen molar-refractivity contribution in [1.82, 2.24) is 19.5 Å². The van der Waals surface area contributed by atoms with Gasteiger partial charge in [0, 0.05) is 5.56 Å². The van der Waals surface area contributed by atoms with E-state index in [1.807, 2.05) is 41.0 Å². The lowest BCUT2D eigenvalue weighted by Crippen LogP contribution is -2.10. The second kappa shape index (κ2) is 7.13. The Labute approximate surface area is 184 Å². The number of halogens is 2. The molecule has 6 heteroatoms. The fourth-order valence-electron chi connectivity index (χ4n) is 3.64. The summed E-state index contributed by atoms with van der Waals surface area (Å²) in [6.45, 7) is 6.53. The summed E-state index contributed by atoms with van der Waals surface area (Å²) >= 11 is 6.10. The molecule has 0 amide bonds. The molecule has 3 aromatic carbocycles. The van der Waals surface area contributed by atoms with Gasteiger partial charge in [-0.25, -0.2) is 19.3 Å². The van der Waals surface area contributed by atoms with Crippen molar-refractivity contribution in [3.8, 4) is 17.1 Å². The smallest absolute Gasteiger partial charge is 0.199 e. The molecule has 5 rings (SSSR count). The predicted octanol–water partition coefficient (Wildman–Crippen LogP) is 6.73. The third-order valence-corrected chi connectivity index (χ3v) is 5.63. The average Bonchev–Trinajstić information content (AvgIpc) is 3.12. The molecule has 5 aromatic rings. The monoisotopic (exact) mass is 430 g/mol. The molecule has 0 atom stereocenters. The van der Waals surface area contributed by atoms with Crippen molar-refractivity contribution in [2.45, 2.75) is 26.2 Å². The summed E-state index contributed by atoms with van der Waals surface area (Å²) in [5, 5.41) is 0.0436. The molecule has 0 N–H and O–H groups in total. The van der Waals surface area contributed by atoms with Gasteiger partial charge in [0.2, 0.25) is 0 Å². The molecule has 2 aromatic heterocycles. The van der Waals surface area contributed by atoms with Crippen LogP contribution in [0.5, 0.6) is 0 Å². The molecule has 154 valence electrons. The minimum absolute atomic E-state index is 0.0436. The lowest BCUT2D eigenvalue weighted by Gasteiger charge is -2.19. The van der Waals surface area contributed by atoms with Crippen LogP contribution < -0.4 is 0 Å². The van der Waals surface area contributed by atoms with E-state index >= 15 is 0 Å². The lowest BCUT2D eigenvalue weighted by atomic mass is 9.87. The van der Waals surface area contributed by atoms with Gasteiger partial charge in [0.25, 0.3) is 0 Å². The standard InChI is InChI=1S/C25H20ClFN4/c1-25(2,3)16-10-8-15(9-11-16)23-30-22-24(29-21-7-5-4-6-20(21)28-22)31(23)17-12-13-19(27)18(26)14-17/h4-14H,1-3H3. The Morgan fingerprint density at radius 2 is 1.52 bits per heavy atom. The Morgan fingerprint density at radius 3 is 2.16 bits per heavy atom. The van der Waals surface area contributed by atoms with Crippen LogP contribution in [0.2, 0.25) is 5.02 Å². The second-order valence-corrected chi connectivity index (χ2v) is 8.96. The van der Waals surface area contributed by atoms with Gasteiger partial charge < -0.3 is 0 Å². The molecule has 31 heavy (non-hydrogen) atoms. The summed E-state index contributed by atoms with van der Waals surface area (Å²) in [5.41, 5.74) is 5.51. The van der Waals surface area contributed by atoms with Crippen molar-refractivity contribution in [2.75, 3.05) is 0 Å². The van der Waals surface area contributed by atoms with E-state index in [1.165, 1.54) is 11.6 Å². The van der Waals surface area contributed by atoms with Crippen molar-refractivity contribution < 1.29 is 4.39 Å². The molecule has 0 fully saturated rings. The Hall–Kier alpha value is -3.31. The average molecular weight is 431 g/mol. The number of fused-ring (bicyclic) bond motifs is 2. The van der Waals surface area contributed by atoms with Gasteiger partial charge in [-0.05, 0) is 41.3 Å². The molecule has 0 aliphatic carbocycles. The van der Waals surface area contributed by atoms with E-state index in [4.69, 9.17) is 26.6 Å². The van der Waals surface area contributed by atoms with E-state index in [2.05, 4.69) is 32.9 Å². The van der Waals surface area contributed by atoms with Crippen LogP contribution in [-0.4, -0.2) is 19.5 Å².